The molecule has 2 heteroatoms. The molecule has 22 heavy (non-hydrogen) atoms. The molecule has 0 spiro atoms. The number of hydrogen-bond acceptors (Lipinski definition) is 1. The third-order valence-corrected chi connectivity index (χ3v) is 9.15. The van der Waals surface area contributed by atoms with Gasteiger partial charge in [-0.15, -0.1) is 0 Å². The van der Waals surface area contributed by atoms with E-state index in [-0.39, 0.29) is 0 Å². The Labute approximate surface area is 136 Å². The molecule has 1 aromatic carbocycles. The second kappa shape index (κ2) is 6.29. The van der Waals surface area contributed by atoms with Gasteiger partial charge in [-0.05, 0) is 43.5 Å². The van der Waals surface area contributed by atoms with Crippen LogP contribution in [0, 0.1) is 5.92 Å². The van der Waals surface area contributed by atoms with E-state index in [1.807, 2.05) is 6.08 Å². The number of ether oxygens (including phenoxy) is 1. The molecule has 1 aromatic rings. The zero-order valence-corrected chi connectivity index (χ0v) is 15.8. The Balaban J connectivity index is 2.51. The fourth-order valence-corrected chi connectivity index (χ4v) is 7.78. The number of hydrogen-bond donors (Lipinski definition) is 0. The maximum Gasteiger partial charge on any atom is 0.119 e. The van der Waals surface area contributed by atoms with Gasteiger partial charge in [0.05, 0.1) is 0 Å². The second-order valence-corrected chi connectivity index (χ2v) is 11.1. The predicted molar refractivity (Wildman–Crippen MR) is 99.5 cm³/mol. The lowest BCUT2D eigenvalue weighted by Gasteiger charge is -2.31. The molecule has 0 aromatic heterocycles. The van der Waals surface area contributed by atoms with Crippen molar-refractivity contribution in [3.05, 3.63) is 58.8 Å². The Kier molecular flexibility index (Phi) is 4.81. The molecule has 2 rings (SSSR count). The minimum atomic E-state index is -1.77. The van der Waals surface area contributed by atoms with E-state index in [2.05, 4.69) is 71.6 Å². The van der Waals surface area contributed by atoms with Crippen LogP contribution in [-0.2, 0) is 0 Å². The van der Waals surface area contributed by atoms with Crippen molar-refractivity contribution in [2.24, 2.45) is 5.92 Å². The van der Waals surface area contributed by atoms with Crippen LogP contribution in [0.25, 0.3) is 0 Å². The summed E-state index contributed by atoms with van der Waals surface area (Å²) in [7, 11) is -1.77. The number of rotatable bonds is 5. The van der Waals surface area contributed by atoms with Gasteiger partial charge in [0.15, 0.2) is 0 Å². The van der Waals surface area contributed by atoms with E-state index in [1.54, 1.807) is 5.20 Å². The average molecular weight is 313 g/mol. The van der Waals surface area contributed by atoms with E-state index in [9.17, 15) is 0 Å². The van der Waals surface area contributed by atoms with Gasteiger partial charge < -0.3 is 4.74 Å². The van der Waals surface area contributed by atoms with Gasteiger partial charge in [0.1, 0.15) is 20.4 Å². The summed E-state index contributed by atoms with van der Waals surface area (Å²) < 4.78 is 5.94. The summed E-state index contributed by atoms with van der Waals surface area (Å²) in [5, 5.41) is 3.04. The maximum absolute atomic E-state index is 5.94. The van der Waals surface area contributed by atoms with Crippen molar-refractivity contribution in [2.75, 3.05) is 6.61 Å². The fourth-order valence-electron chi connectivity index (χ4n) is 3.78. The Morgan fingerprint density at radius 1 is 1.14 bits per heavy atom. The van der Waals surface area contributed by atoms with Crippen LogP contribution in [0.2, 0.25) is 13.1 Å². The molecule has 0 radical (unpaired) electrons. The first-order valence-corrected chi connectivity index (χ1v) is 11.0. The van der Waals surface area contributed by atoms with E-state index in [0.717, 1.165) is 5.75 Å². The minimum absolute atomic E-state index is 0.550. The second-order valence-electron chi connectivity index (χ2n) is 6.79. The van der Waals surface area contributed by atoms with Crippen molar-refractivity contribution in [1.29, 1.82) is 0 Å². The van der Waals surface area contributed by atoms with Gasteiger partial charge in [-0.1, -0.05) is 67.2 Å². The Morgan fingerprint density at radius 3 is 2.32 bits per heavy atom. The monoisotopic (exact) mass is 312 g/mol. The molecule has 1 aliphatic rings. The molecule has 118 valence electrons. The van der Waals surface area contributed by atoms with E-state index >= 15 is 0 Å². The van der Waals surface area contributed by atoms with Crippen LogP contribution in [0.3, 0.4) is 0 Å². The van der Waals surface area contributed by atoms with Crippen molar-refractivity contribution in [2.45, 2.75) is 40.8 Å². The van der Waals surface area contributed by atoms with Crippen LogP contribution >= 0.6 is 0 Å². The van der Waals surface area contributed by atoms with Crippen LogP contribution in [0.15, 0.2) is 58.8 Å². The molecule has 1 aliphatic carbocycles. The Bertz CT molecular complexity index is 649. The Hall–Kier alpha value is -1.54. The molecule has 1 nitrogen and oxygen atoms in total. The largest absolute Gasteiger partial charge is 0.490 e. The lowest BCUT2D eigenvalue weighted by molar-refractivity contribution is 0.366. The van der Waals surface area contributed by atoms with Crippen molar-refractivity contribution in [1.82, 2.24) is 0 Å². The van der Waals surface area contributed by atoms with Crippen LogP contribution in [0.5, 0.6) is 5.75 Å². The van der Waals surface area contributed by atoms with E-state index in [4.69, 9.17) is 4.74 Å². The first-order valence-electron chi connectivity index (χ1n) is 8.04. The van der Waals surface area contributed by atoms with Crippen LogP contribution < -0.4 is 9.92 Å². The van der Waals surface area contributed by atoms with Crippen molar-refractivity contribution < 1.29 is 4.74 Å². The molecule has 0 saturated heterocycles. The summed E-state index contributed by atoms with van der Waals surface area (Å²) in [5.41, 5.74) is 4.50. The molecule has 1 unspecified atom stereocenters. The first-order chi connectivity index (χ1) is 10.3. The zero-order chi connectivity index (χ0) is 16.5. The number of allylic oxidation sites excluding steroid dienone is 4. The van der Waals surface area contributed by atoms with Gasteiger partial charge in [-0.25, -0.2) is 0 Å². The molecule has 0 fully saturated rings. The van der Waals surface area contributed by atoms with E-state index in [1.165, 1.54) is 21.9 Å². The molecule has 0 N–H and O–H groups in total. The van der Waals surface area contributed by atoms with Gasteiger partial charge in [-0.2, -0.15) is 0 Å². The van der Waals surface area contributed by atoms with Crippen LogP contribution in [-0.4, -0.2) is 14.7 Å². The summed E-state index contributed by atoms with van der Waals surface area (Å²) in [6.45, 7) is 18.4. The third-order valence-electron chi connectivity index (χ3n) is 5.23. The summed E-state index contributed by atoms with van der Waals surface area (Å²) >= 11 is 0. The average Bonchev–Trinajstić information content (AvgIpc) is 2.69. The predicted octanol–water partition coefficient (Wildman–Crippen LogP) is 5.01. The SMILES string of the molecule is C=CCOc1ccccc1[Si](C)(C)C1=C(C)C(C)=C(C)C1C. The molecule has 0 amide bonds. The van der Waals surface area contributed by atoms with E-state index in [0.29, 0.717) is 12.5 Å². The molecule has 0 aliphatic heterocycles. The molecular formula is C20H28OSi. The molecule has 1 atom stereocenters. The first kappa shape index (κ1) is 16.8. The van der Waals surface area contributed by atoms with Gasteiger partial charge in [0.25, 0.3) is 0 Å². The molecule has 0 heterocycles. The van der Waals surface area contributed by atoms with Gasteiger partial charge in [0.2, 0.25) is 0 Å². The Morgan fingerprint density at radius 2 is 1.77 bits per heavy atom. The lowest BCUT2D eigenvalue weighted by Crippen LogP contribution is -2.46. The molecular weight excluding hydrogens is 284 g/mol. The number of benzene rings is 1. The van der Waals surface area contributed by atoms with Crippen LogP contribution in [0.4, 0.5) is 0 Å². The summed E-state index contributed by atoms with van der Waals surface area (Å²) in [6.07, 6.45) is 1.81. The van der Waals surface area contributed by atoms with Gasteiger partial charge >= 0.3 is 0 Å². The maximum atomic E-state index is 5.94. The minimum Gasteiger partial charge on any atom is -0.490 e. The third kappa shape index (κ3) is 2.72. The fraction of sp³-hybridized carbons (Fsp3) is 0.400. The summed E-state index contributed by atoms with van der Waals surface area (Å²) in [6, 6.07) is 8.53. The highest BCUT2D eigenvalue weighted by Gasteiger charge is 2.38. The number of para-hydroxylation sites is 1. The molecule has 0 bridgehead atoms. The van der Waals surface area contributed by atoms with Crippen molar-refractivity contribution in [3.8, 4) is 5.75 Å². The smallest absolute Gasteiger partial charge is 0.119 e. The van der Waals surface area contributed by atoms with Crippen LogP contribution in [0.1, 0.15) is 27.7 Å². The normalized spacial score (nSPS) is 18.9. The zero-order valence-electron chi connectivity index (χ0n) is 14.8. The summed E-state index contributed by atoms with van der Waals surface area (Å²) in [5.74, 6) is 1.57. The highest BCUT2D eigenvalue weighted by molar-refractivity contribution is 6.96. The van der Waals surface area contributed by atoms with E-state index < -0.39 is 8.07 Å². The van der Waals surface area contributed by atoms with Gasteiger partial charge in [-0.3, -0.25) is 0 Å². The highest BCUT2D eigenvalue weighted by Crippen LogP contribution is 2.41. The van der Waals surface area contributed by atoms with Crippen molar-refractivity contribution >= 4 is 13.3 Å². The molecule has 0 saturated carbocycles. The lowest BCUT2D eigenvalue weighted by atomic mass is 10.1. The quantitative estimate of drug-likeness (QED) is 0.548. The highest BCUT2D eigenvalue weighted by atomic mass is 28.3. The topological polar surface area (TPSA) is 9.23 Å². The summed E-state index contributed by atoms with van der Waals surface area (Å²) in [4.78, 5) is 0. The standard InChI is InChI=1S/C20H28OSi/c1-8-13-21-18-11-9-10-12-19(18)22(6,7)20-16(4)14(2)15(3)17(20)5/h8-12,16H,1,13H2,2-7H3. The van der Waals surface area contributed by atoms with Crippen molar-refractivity contribution in [3.63, 3.8) is 0 Å². The van der Waals surface area contributed by atoms with Gasteiger partial charge in [0, 0.05) is 0 Å².